The topological polar surface area (TPSA) is 58.6 Å². The maximum Gasteiger partial charge on any atom is 0.190 e. The molecule has 2 aromatic heterocycles. The molecule has 1 aliphatic rings. The fourth-order valence-electron chi connectivity index (χ4n) is 2.05. The molecule has 17 heavy (non-hydrogen) atoms. The van der Waals surface area contributed by atoms with Gasteiger partial charge in [0.15, 0.2) is 5.78 Å². The highest BCUT2D eigenvalue weighted by atomic mass is 16.1. The van der Waals surface area contributed by atoms with E-state index in [2.05, 4.69) is 15.0 Å². The van der Waals surface area contributed by atoms with Crippen LogP contribution in [0.5, 0.6) is 0 Å². The zero-order valence-electron chi connectivity index (χ0n) is 9.18. The van der Waals surface area contributed by atoms with Gasteiger partial charge in [0.05, 0.1) is 23.9 Å². The van der Waals surface area contributed by atoms with E-state index in [1.54, 1.807) is 24.8 Å². The summed E-state index contributed by atoms with van der Waals surface area (Å²) in [6.45, 7) is 0. The summed E-state index contributed by atoms with van der Waals surface area (Å²) in [6, 6.07) is 3.64. The van der Waals surface area contributed by atoms with Gasteiger partial charge in [-0.1, -0.05) is 0 Å². The lowest BCUT2D eigenvalue weighted by molar-refractivity contribution is 0.102. The first-order valence-corrected chi connectivity index (χ1v) is 5.52. The van der Waals surface area contributed by atoms with E-state index in [1.807, 2.05) is 12.1 Å². The van der Waals surface area contributed by atoms with E-state index < -0.39 is 0 Å². The summed E-state index contributed by atoms with van der Waals surface area (Å²) >= 11 is 0. The van der Waals surface area contributed by atoms with Crippen molar-refractivity contribution in [3.8, 4) is 0 Å². The Labute approximate surface area is 98.4 Å². The molecule has 3 rings (SSSR count). The molecule has 4 nitrogen and oxygen atoms in total. The van der Waals surface area contributed by atoms with Crippen LogP contribution in [0.1, 0.15) is 28.2 Å². The molecular formula is C13H11N3O. The van der Waals surface area contributed by atoms with Crippen LogP contribution in [0, 0.1) is 0 Å². The first-order chi connectivity index (χ1) is 8.34. The molecule has 0 saturated carbocycles. The van der Waals surface area contributed by atoms with Crippen molar-refractivity contribution in [1.82, 2.24) is 15.0 Å². The average Bonchev–Trinajstić information content (AvgIpc) is 2.86. The molecule has 84 valence electrons. The minimum Gasteiger partial charge on any atom is -0.345 e. The number of rotatable bonds is 1. The summed E-state index contributed by atoms with van der Waals surface area (Å²) in [5, 5.41) is 0. The number of nitrogens with zero attached hydrogens (tertiary/aromatic N) is 2. The summed E-state index contributed by atoms with van der Waals surface area (Å²) in [5.74, 6) is 0.0777. The van der Waals surface area contributed by atoms with Crippen LogP contribution in [0.15, 0.2) is 36.4 Å². The predicted molar refractivity (Wildman–Crippen MR) is 63.5 cm³/mol. The maximum atomic E-state index is 12.2. The molecule has 2 heterocycles. The Bertz CT molecular complexity index is 584. The van der Waals surface area contributed by atoms with Gasteiger partial charge in [-0.25, -0.2) is 4.98 Å². The lowest BCUT2D eigenvalue weighted by Gasteiger charge is -2.15. The van der Waals surface area contributed by atoms with Crippen LogP contribution in [0.2, 0.25) is 0 Å². The third-order valence-corrected chi connectivity index (χ3v) is 2.91. The van der Waals surface area contributed by atoms with Crippen molar-refractivity contribution in [2.45, 2.75) is 12.8 Å². The number of aromatic nitrogens is 3. The predicted octanol–water partition coefficient (Wildman–Crippen LogP) is 2.02. The van der Waals surface area contributed by atoms with Gasteiger partial charge in [0.2, 0.25) is 0 Å². The first kappa shape index (κ1) is 9.96. The second-order valence-electron chi connectivity index (χ2n) is 4.00. The molecule has 0 aromatic carbocycles. The summed E-state index contributed by atoms with van der Waals surface area (Å²) in [5.41, 5.74) is 3.30. The second-order valence-corrected chi connectivity index (χ2v) is 4.00. The average molecular weight is 225 g/mol. The first-order valence-electron chi connectivity index (χ1n) is 5.52. The number of hydrogen-bond acceptors (Lipinski definition) is 3. The van der Waals surface area contributed by atoms with E-state index in [9.17, 15) is 4.79 Å². The van der Waals surface area contributed by atoms with E-state index in [-0.39, 0.29) is 5.78 Å². The molecule has 0 saturated heterocycles. The smallest absolute Gasteiger partial charge is 0.190 e. The normalized spacial score (nSPS) is 17.2. The summed E-state index contributed by atoms with van der Waals surface area (Å²) < 4.78 is 0. The van der Waals surface area contributed by atoms with Crippen molar-refractivity contribution < 1.29 is 4.79 Å². The minimum absolute atomic E-state index is 0.0777. The van der Waals surface area contributed by atoms with Gasteiger partial charge in [0.25, 0.3) is 0 Å². The van der Waals surface area contributed by atoms with Gasteiger partial charge in [-0.15, -0.1) is 0 Å². The summed E-state index contributed by atoms with van der Waals surface area (Å²) in [4.78, 5) is 23.3. The Morgan fingerprint density at radius 2 is 2.29 bits per heavy atom. The number of carbonyl (C=O) groups excluding carboxylic acids is 1. The molecule has 0 atom stereocenters. The minimum atomic E-state index is 0.0777. The molecule has 0 amide bonds. The molecular weight excluding hydrogens is 214 g/mol. The zero-order chi connectivity index (χ0) is 11.7. The van der Waals surface area contributed by atoms with E-state index >= 15 is 0 Å². The lowest BCUT2D eigenvalue weighted by atomic mass is 9.90. The third kappa shape index (κ3) is 1.78. The number of H-pyrrole nitrogens is 1. The Hall–Kier alpha value is -2.23. The van der Waals surface area contributed by atoms with Gasteiger partial charge in [0.1, 0.15) is 0 Å². The summed E-state index contributed by atoms with van der Waals surface area (Å²) in [7, 11) is 0. The molecule has 0 bridgehead atoms. The molecule has 1 N–H and O–H groups in total. The van der Waals surface area contributed by atoms with Gasteiger partial charge >= 0.3 is 0 Å². The number of carbonyl (C=O) groups is 1. The monoisotopic (exact) mass is 225 g/mol. The van der Waals surface area contributed by atoms with Crippen LogP contribution >= 0.6 is 0 Å². The maximum absolute atomic E-state index is 12.2. The number of imidazole rings is 1. The van der Waals surface area contributed by atoms with E-state index in [0.29, 0.717) is 0 Å². The molecule has 0 unspecified atom stereocenters. The molecule has 0 radical (unpaired) electrons. The van der Waals surface area contributed by atoms with Crippen LogP contribution in [0.25, 0.3) is 6.08 Å². The van der Waals surface area contributed by atoms with Crippen LogP contribution in [-0.4, -0.2) is 20.7 Å². The Balaban J connectivity index is 2.00. The fourth-order valence-corrected chi connectivity index (χ4v) is 2.05. The van der Waals surface area contributed by atoms with Crippen LogP contribution < -0.4 is 0 Å². The molecule has 4 heteroatoms. The van der Waals surface area contributed by atoms with Crippen molar-refractivity contribution in [2.75, 3.05) is 0 Å². The van der Waals surface area contributed by atoms with E-state index in [0.717, 1.165) is 35.4 Å². The largest absolute Gasteiger partial charge is 0.345 e. The van der Waals surface area contributed by atoms with Crippen molar-refractivity contribution >= 4 is 11.9 Å². The summed E-state index contributed by atoms with van der Waals surface area (Å²) in [6.07, 6.45) is 8.47. The zero-order valence-corrected chi connectivity index (χ0v) is 9.18. The number of allylic oxidation sites excluding steroid dienone is 1. The van der Waals surface area contributed by atoms with Gasteiger partial charge in [0, 0.05) is 17.3 Å². The van der Waals surface area contributed by atoms with Crippen LogP contribution in [0.4, 0.5) is 0 Å². The number of pyridine rings is 1. The van der Waals surface area contributed by atoms with Crippen molar-refractivity contribution in [3.05, 3.63) is 53.4 Å². The number of hydrogen-bond donors (Lipinski definition) is 1. The molecule has 2 aromatic rings. The Morgan fingerprint density at radius 1 is 1.35 bits per heavy atom. The highest BCUT2D eigenvalue weighted by Crippen LogP contribution is 2.24. The number of aryl methyl sites for hydroxylation is 1. The van der Waals surface area contributed by atoms with Gasteiger partial charge in [-0.05, 0) is 31.1 Å². The number of Topliss-reactive ketones (excluding diaryl/α,β-unsaturated/α-hetero) is 1. The van der Waals surface area contributed by atoms with Crippen molar-refractivity contribution in [3.63, 3.8) is 0 Å². The highest BCUT2D eigenvalue weighted by molar-refractivity contribution is 6.12. The Kier molecular flexibility index (Phi) is 2.33. The molecule has 0 fully saturated rings. The fraction of sp³-hybridized carbons (Fsp3) is 0.154. The highest BCUT2D eigenvalue weighted by Gasteiger charge is 2.22. The van der Waals surface area contributed by atoms with Gasteiger partial charge in [-0.3, -0.25) is 9.78 Å². The van der Waals surface area contributed by atoms with Gasteiger partial charge in [-0.2, -0.15) is 0 Å². The Morgan fingerprint density at radius 3 is 3.12 bits per heavy atom. The third-order valence-electron chi connectivity index (χ3n) is 2.91. The number of aromatic amines is 1. The molecule has 1 aliphatic carbocycles. The number of nitrogens with one attached hydrogen (secondary N) is 1. The quantitative estimate of drug-likeness (QED) is 0.755. The van der Waals surface area contributed by atoms with E-state index in [1.165, 1.54) is 0 Å². The molecule has 0 spiro atoms. The number of fused-ring (bicyclic) bond motifs is 1. The van der Waals surface area contributed by atoms with Crippen LogP contribution in [0.3, 0.4) is 0 Å². The standard InChI is InChI=1S/C13H11N3O/c17-13-9(6-10-7-14-8-16-10)3-4-12-11(13)2-1-5-15-12/h1-2,5-8H,3-4H2,(H,14,16)/b9-6-. The number of ketones is 1. The van der Waals surface area contributed by atoms with Crippen molar-refractivity contribution in [2.24, 2.45) is 0 Å². The van der Waals surface area contributed by atoms with Gasteiger partial charge < -0.3 is 4.98 Å². The molecule has 0 aliphatic heterocycles. The van der Waals surface area contributed by atoms with Crippen molar-refractivity contribution in [1.29, 1.82) is 0 Å². The second kappa shape index (κ2) is 3.97. The lowest BCUT2D eigenvalue weighted by Crippen LogP contribution is -2.15. The SMILES string of the molecule is O=C1/C(=C\c2cnc[nH]2)CCc2ncccc21. The van der Waals surface area contributed by atoms with Crippen LogP contribution in [-0.2, 0) is 6.42 Å². The van der Waals surface area contributed by atoms with E-state index in [4.69, 9.17) is 0 Å².